The first-order valence-corrected chi connectivity index (χ1v) is 7.93. The fraction of sp³-hybridized carbons (Fsp3) is 0.500. The molecule has 5 nitrogen and oxygen atoms in total. The number of rotatable bonds is 3. The van der Waals surface area contributed by atoms with Crippen LogP contribution in [0.15, 0.2) is 18.2 Å². The highest BCUT2D eigenvalue weighted by molar-refractivity contribution is 5.87. The van der Waals surface area contributed by atoms with Gasteiger partial charge < -0.3 is 19.3 Å². The highest BCUT2D eigenvalue weighted by Gasteiger charge is 2.34. The van der Waals surface area contributed by atoms with Gasteiger partial charge in [0.1, 0.15) is 0 Å². The van der Waals surface area contributed by atoms with Crippen molar-refractivity contribution in [3.8, 4) is 0 Å². The van der Waals surface area contributed by atoms with Crippen molar-refractivity contribution in [1.82, 2.24) is 9.47 Å². The lowest BCUT2D eigenvalue weighted by molar-refractivity contribution is -0.161. The first kappa shape index (κ1) is 16.0. The minimum absolute atomic E-state index is 0.207. The topological polar surface area (TPSA) is 54.7 Å². The number of hydrogen-bond donors (Lipinski definition) is 1. The number of aromatic nitrogens is 1. The molecule has 1 aliphatic heterocycles. The number of fused-ring (bicyclic) bond motifs is 3. The average molecular weight is 316 g/mol. The zero-order valence-electron chi connectivity index (χ0n) is 14.2. The maximum Gasteiger partial charge on any atom is 0.339 e. The zero-order valence-corrected chi connectivity index (χ0v) is 14.2. The van der Waals surface area contributed by atoms with E-state index >= 15 is 0 Å². The van der Waals surface area contributed by atoms with Gasteiger partial charge in [0.15, 0.2) is 5.60 Å². The van der Waals surface area contributed by atoms with Crippen molar-refractivity contribution in [3.05, 3.63) is 35.0 Å². The summed E-state index contributed by atoms with van der Waals surface area (Å²) in [4.78, 5) is 14.2. The number of nitrogens with zero attached hydrogens (tertiary/aromatic N) is 2. The standard InChI is InChI=1S/C18H24N2O3/c1-12-5-6-15-13(9-12)14-10-19(3)8-7-16(14)20(15)11-18(2,22)17(21)23-4/h5-6,9,22H,7-8,10-11H2,1-4H3. The Kier molecular flexibility index (Phi) is 3.94. The monoisotopic (exact) mass is 316 g/mol. The predicted octanol–water partition coefficient (Wildman–Crippen LogP) is 1.86. The average Bonchev–Trinajstić information content (AvgIpc) is 2.79. The molecule has 2 heterocycles. The number of methoxy groups -OCH3 is 1. The highest BCUT2D eigenvalue weighted by atomic mass is 16.5. The molecule has 0 bridgehead atoms. The Hall–Kier alpha value is -1.85. The number of benzene rings is 1. The van der Waals surface area contributed by atoms with E-state index in [0.717, 1.165) is 25.0 Å². The molecule has 23 heavy (non-hydrogen) atoms. The Balaban J connectivity index is 2.15. The van der Waals surface area contributed by atoms with Crippen LogP contribution in [0.1, 0.15) is 23.7 Å². The van der Waals surface area contributed by atoms with Crippen LogP contribution < -0.4 is 0 Å². The third-order valence-corrected chi connectivity index (χ3v) is 4.69. The van der Waals surface area contributed by atoms with Crippen LogP contribution in [0.25, 0.3) is 10.9 Å². The second kappa shape index (κ2) is 5.65. The minimum Gasteiger partial charge on any atom is -0.467 e. The predicted molar refractivity (Wildman–Crippen MR) is 89.4 cm³/mol. The van der Waals surface area contributed by atoms with E-state index in [1.165, 1.54) is 36.2 Å². The summed E-state index contributed by atoms with van der Waals surface area (Å²) >= 11 is 0. The summed E-state index contributed by atoms with van der Waals surface area (Å²) < 4.78 is 6.84. The van der Waals surface area contributed by atoms with Gasteiger partial charge in [0.05, 0.1) is 13.7 Å². The molecule has 0 spiro atoms. The number of hydrogen-bond acceptors (Lipinski definition) is 4. The number of likely N-dealkylation sites (N-methyl/N-ethyl adjacent to an activating group) is 1. The van der Waals surface area contributed by atoms with E-state index in [2.05, 4.69) is 41.6 Å². The highest BCUT2D eigenvalue weighted by Crippen LogP contribution is 2.32. The van der Waals surface area contributed by atoms with Crippen LogP contribution in [-0.4, -0.2) is 46.8 Å². The molecule has 3 rings (SSSR count). The molecule has 124 valence electrons. The van der Waals surface area contributed by atoms with E-state index in [1.54, 1.807) is 0 Å². The van der Waals surface area contributed by atoms with Crippen molar-refractivity contribution < 1.29 is 14.6 Å². The molecule has 0 saturated heterocycles. The van der Waals surface area contributed by atoms with Gasteiger partial charge in [0, 0.05) is 36.1 Å². The van der Waals surface area contributed by atoms with Crippen molar-refractivity contribution >= 4 is 16.9 Å². The van der Waals surface area contributed by atoms with Gasteiger partial charge in [-0.3, -0.25) is 0 Å². The lowest BCUT2D eigenvalue weighted by Crippen LogP contribution is -2.41. The Bertz CT molecular complexity index is 761. The van der Waals surface area contributed by atoms with E-state index in [9.17, 15) is 9.90 Å². The summed E-state index contributed by atoms with van der Waals surface area (Å²) in [5.74, 6) is -0.604. The maximum atomic E-state index is 11.9. The molecule has 0 fully saturated rings. The van der Waals surface area contributed by atoms with Crippen molar-refractivity contribution in [3.63, 3.8) is 0 Å². The first-order valence-electron chi connectivity index (χ1n) is 7.93. The molecule has 1 atom stereocenters. The fourth-order valence-electron chi connectivity index (χ4n) is 3.47. The molecule has 1 aromatic carbocycles. The number of aliphatic hydroxyl groups is 1. The summed E-state index contributed by atoms with van der Waals surface area (Å²) in [5.41, 5.74) is 3.26. The van der Waals surface area contributed by atoms with E-state index in [4.69, 9.17) is 4.74 Å². The van der Waals surface area contributed by atoms with E-state index < -0.39 is 11.6 Å². The quantitative estimate of drug-likeness (QED) is 0.878. The van der Waals surface area contributed by atoms with Crippen molar-refractivity contribution in [2.45, 2.75) is 39.0 Å². The molecule has 0 radical (unpaired) electrons. The second-order valence-electron chi connectivity index (χ2n) is 6.79. The number of esters is 1. The van der Waals surface area contributed by atoms with Gasteiger partial charge in [-0.05, 0) is 38.6 Å². The SMILES string of the molecule is COC(=O)C(C)(O)Cn1c2c(c3cc(C)ccc31)CN(C)CC2. The second-order valence-corrected chi connectivity index (χ2v) is 6.79. The van der Waals surface area contributed by atoms with Gasteiger partial charge >= 0.3 is 5.97 Å². The van der Waals surface area contributed by atoms with Crippen LogP contribution in [0, 0.1) is 6.92 Å². The third-order valence-electron chi connectivity index (χ3n) is 4.69. The van der Waals surface area contributed by atoms with Gasteiger partial charge in [-0.25, -0.2) is 4.79 Å². The minimum atomic E-state index is -1.54. The Labute approximate surface area is 136 Å². The van der Waals surface area contributed by atoms with Crippen LogP contribution in [0.5, 0.6) is 0 Å². The smallest absolute Gasteiger partial charge is 0.339 e. The molecule has 0 aliphatic carbocycles. The largest absolute Gasteiger partial charge is 0.467 e. The Morgan fingerprint density at radius 3 is 2.87 bits per heavy atom. The van der Waals surface area contributed by atoms with Crippen molar-refractivity contribution in [2.24, 2.45) is 0 Å². The Morgan fingerprint density at radius 2 is 2.17 bits per heavy atom. The Morgan fingerprint density at radius 1 is 1.43 bits per heavy atom. The van der Waals surface area contributed by atoms with Crippen LogP contribution in [-0.2, 0) is 29.0 Å². The number of carbonyl (C=O) groups excluding carboxylic acids is 1. The number of carbonyl (C=O) groups is 1. The molecule has 2 aromatic rings. The van der Waals surface area contributed by atoms with E-state index in [1.807, 2.05) is 0 Å². The molecule has 1 N–H and O–H groups in total. The van der Waals surface area contributed by atoms with Crippen molar-refractivity contribution in [2.75, 3.05) is 20.7 Å². The molecule has 1 aliphatic rings. The third kappa shape index (κ3) is 2.75. The summed E-state index contributed by atoms with van der Waals surface area (Å²) in [5, 5.41) is 11.7. The first-order chi connectivity index (χ1) is 10.8. The summed E-state index contributed by atoms with van der Waals surface area (Å²) in [6.07, 6.45) is 0.914. The summed E-state index contributed by atoms with van der Waals surface area (Å²) in [6, 6.07) is 6.34. The van der Waals surface area contributed by atoms with Gasteiger partial charge in [0.2, 0.25) is 0 Å². The summed E-state index contributed by atoms with van der Waals surface area (Å²) in [7, 11) is 3.42. The van der Waals surface area contributed by atoms with E-state index in [-0.39, 0.29) is 6.54 Å². The fourth-order valence-corrected chi connectivity index (χ4v) is 3.47. The maximum absolute atomic E-state index is 11.9. The van der Waals surface area contributed by atoms with Gasteiger partial charge in [0.25, 0.3) is 0 Å². The zero-order chi connectivity index (χ0) is 16.8. The number of aryl methyl sites for hydroxylation is 1. The lowest BCUT2D eigenvalue weighted by Gasteiger charge is -2.27. The molecular weight excluding hydrogens is 292 g/mol. The van der Waals surface area contributed by atoms with Gasteiger partial charge in [-0.1, -0.05) is 11.6 Å². The van der Waals surface area contributed by atoms with Crippen LogP contribution in [0.4, 0.5) is 0 Å². The number of ether oxygens (including phenoxy) is 1. The van der Waals surface area contributed by atoms with Crippen LogP contribution >= 0.6 is 0 Å². The van der Waals surface area contributed by atoms with Gasteiger partial charge in [-0.2, -0.15) is 0 Å². The molecular formula is C18H24N2O3. The molecule has 1 unspecified atom stereocenters. The normalized spacial score (nSPS) is 17.8. The lowest BCUT2D eigenvalue weighted by atomic mass is 10.0. The molecule has 0 saturated carbocycles. The van der Waals surface area contributed by atoms with E-state index in [0.29, 0.717) is 0 Å². The van der Waals surface area contributed by atoms with Crippen molar-refractivity contribution in [1.29, 1.82) is 0 Å². The molecule has 1 aromatic heterocycles. The summed E-state index contributed by atoms with van der Waals surface area (Å²) in [6.45, 7) is 5.67. The van der Waals surface area contributed by atoms with Gasteiger partial charge in [-0.15, -0.1) is 0 Å². The molecule has 0 amide bonds. The van der Waals surface area contributed by atoms with Crippen LogP contribution in [0.3, 0.4) is 0 Å². The molecule has 5 heteroatoms. The van der Waals surface area contributed by atoms with Crippen LogP contribution in [0.2, 0.25) is 0 Å².